The number of ether oxygens (including phenoxy) is 3. The molecule has 0 saturated carbocycles. The summed E-state index contributed by atoms with van der Waals surface area (Å²) in [4.78, 5) is 60.5. The van der Waals surface area contributed by atoms with Crippen LogP contribution in [-0.4, -0.2) is 89.3 Å². The number of halogens is 4. The smallest absolute Gasteiger partial charge is 0.410 e. The molecule has 1 heterocycles. The molecule has 0 radical (unpaired) electrons. The highest BCUT2D eigenvalue weighted by Crippen LogP contribution is 2.30. The summed E-state index contributed by atoms with van der Waals surface area (Å²) < 4.78 is 74.2. The fourth-order valence-corrected chi connectivity index (χ4v) is 6.16. The van der Waals surface area contributed by atoms with Gasteiger partial charge in [-0.15, -0.1) is 0 Å². The Kier molecular flexibility index (Phi) is 15.2. The van der Waals surface area contributed by atoms with E-state index in [1.54, 1.807) is 95.3 Å². The Morgan fingerprint density at radius 1 is 0.845 bits per heavy atom. The van der Waals surface area contributed by atoms with Gasteiger partial charge in [0.15, 0.2) is 0 Å². The molecule has 15 heteroatoms. The summed E-state index contributed by atoms with van der Waals surface area (Å²) in [5.74, 6) is -3.81. The Labute approximate surface area is 335 Å². The molecule has 1 N–H and O–H groups in total. The monoisotopic (exact) mass is 810 g/mol. The van der Waals surface area contributed by atoms with Crippen LogP contribution in [0, 0.1) is 11.7 Å². The van der Waals surface area contributed by atoms with Gasteiger partial charge in [-0.25, -0.2) is 14.0 Å². The molecular weight excluding hydrogens is 760 g/mol. The van der Waals surface area contributed by atoms with Crippen LogP contribution >= 0.6 is 0 Å². The van der Waals surface area contributed by atoms with Gasteiger partial charge >= 0.3 is 18.2 Å². The lowest BCUT2D eigenvalue weighted by atomic mass is 10.00. The minimum absolute atomic E-state index is 0.0499. The molecule has 4 rings (SSSR count). The van der Waals surface area contributed by atoms with Crippen molar-refractivity contribution in [3.8, 4) is 5.75 Å². The first-order valence-electron chi connectivity index (χ1n) is 18.8. The molecule has 0 aliphatic carbocycles. The number of hydrogen-bond donors (Lipinski definition) is 1. The topological polar surface area (TPSA) is 127 Å². The summed E-state index contributed by atoms with van der Waals surface area (Å²) in [5.41, 5.74) is 0.593. The summed E-state index contributed by atoms with van der Waals surface area (Å²) in [6.45, 7) is 8.00. The minimum atomic E-state index is -4.88. The number of fused-ring (bicyclic) bond motifs is 1. The first-order valence-corrected chi connectivity index (χ1v) is 18.8. The molecule has 0 bridgehead atoms. The van der Waals surface area contributed by atoms with Gasteiger partial charge in [-0.1, -0.05) is 74.5 Å². The van der Waals surface area contributed by atoms with Gasteiger partial charge in [0.2, 0.25) is 11.8 Å². The fourth-order valence-electron chi connectivity index (χ4n) is 6.16. The van der Waals surface area contributed by atoms with Crippen LogP contribution in [-0.2, 0) is 32.1 Å². The number of nitrogens with zero attached hydrogens (tertiary/aromatic N) is 3. The van der Waals surface area contributed by atoms with Crippen LogP contribution in [0.4, 0.5) is 22.4 Å². The number of nitrogens with one attached hydrogen (secondary N) is 1. The molecule has 0 aliphatic heterocycles. The molecule has 312 valence electrons. The van der Waals surface area contributed by atoms with Crippen molar-refractivity contribution >= 4 is 34.8 Å². The zero-order valence-electron chi connectivity index (χ0n) is 33.6. The summed E-state index contributed by atoms with van der Waals surface area (Å²) in [7, 11) is 2.41. The summed E-state index contributed by atoms with van der Waals surface area (Å²) in [6, 6.07) is 17.4. The molecule has 11 nitrogen and oxygen atoms in total. The molecule has 3 amide bonds. The lowest BCUT2D eigenvalue weighted by molar-refractivity contribution is -0.163. The standard InChI is InChI=1S/C43H50F4N4O7/c1-27(2)20-34(51(7)41(55)58-42(3,4)5)39(53)50(6)35(23-43(45,46)47)38(52)49-31(21-28-14-10-8-11-15-28)26-56-36-19-18-33-32(22-30(44)24-48-33)37(36)40(54)57-25-29-16-12-9-13-17-29/h8-19,22,24,27,31,34-35H,20-21,23,25-26H2,1-7H3,(H,49,52)/t31-,34+,35-/m1/s1. The molecule has 4 aromatic rings. The molecule has 58 heavy (non-hydrogen) atoms. The first kappa shape index (κ1) is 45.0. The largest absolute Gasteiger partial charge is 0.491 e. The Morgan fingerprint density at radius 3 is 2.05 bits per heavy atom. The van der Waals surface area contributed by atoms with Crippen molar-refractivity contribution in [3.05, 3.63) is 108 Å². The van der Waals surface area contributed by atoms with Gasteiger partial charge < -0.3 is 24.4 Å². The molecule has 0 aliphatic rings. The van der Waals surface area contributed by atoms with Crippen molar-refractivity contribution in [2.75, 3.05) is 20.7 Å². The second kappa shape index (κ2) is 19.6. The van der Waals surface area contributed by atoms with Crippen LogP contribution in [0.5, 0.6) is 5.75 Å². The zero-order valence-corrected chi connectivity index (χ0v) is 33.6. The van der Waals surface area contributed by atoms with Gasteiger partial charge in [-0.3, -0.25) is 19.5 Å². The maximum absolute atomic E-state index is 14.5. The third-order valence-corrected chi connectivity index (χ3v) is 8.99. The number of benzene rings is 3. The molecule has 3 atom stereocenters. The van der Waals surface area contributed by atoms with E-state index in [0.717, 1.165) is 24.2 Å². The van der Waals surface area contributed by atoms with E-state index in [1.165, 1.54) is 19.2 Å². The maximum atomic E-state index is 14.5. The molecule has 3 aromatic carbocycles. The van der Waals surface area contributed by atoms with Crippen LogP contribution in [0.15, 0.2) is 85.1 Å². The number of carbonyl (C=O) groups excluding carboxylic acids is 4. The van der Waals surface area contributed by atoms with Gasteiger partial charge in [0.05, 0.1) is 24.2 Å². The zero-order chi connectivity index (χ0) is 42.8. The van der Waals surface area contributed by atoms with Crippen molar-refractivity contribution in [2.24, 2.45) is 5.92 Å². The van der Waals surface area contributed by atoms with Gasteiger partial charge in [0.1, 0.15) is 48.0 Å². The van der Waals surface area contributed by atoms with E-state index in [0.29, 0.717) is 16.0 Å². The van der Waals surface area contributed by atoms with Crippen LogP contribution in [0.3, 0.4) is 0 Å². The summed E-state index contributed by atoms with van der Waals surface area (Å²) in [5, 5.41) is 2.74. The third-order valence-electron chi connectivity index (χ3n) is 8.99. The second-order valence-electron chi connectivity index (χ2n) is 15.4. The van der Waals surface area contributed by atoms with Gasteiger partial charge in [0, 0.05) is 19.5 Å². The minimum Gasteiger partial charge on any atom is -0.491 e. The van der Waals surface area contributed by atoms with Crippen LogP contribution in [0.2, 0.25) is 0 Å². The van der Waals surface area contributed by atoms with E-state index in [2.05, 4.69) is 10.3 Å². The van der Waals surface area contributed by atoms with Crippen LogP contribution in [0.25, 0.3) is 10.9 Å². The number of pyridine rings is 1. The number of hydrogen-bond acceptors (Lipinski definition) is 8. The highest BCUT2D eigenvalue weighted by molar-refractivity contribution is 6.06. The highest BCUT2D eigenvalue weighted by atomic mass is 19.4. The van der Waals surface area contributed by atoms with Crippen molar-refractivity contribution in [3.63, 3.8) is 0 Å². The number of esters is 1. The maximum Gasteiger partial charge on any atom is 0.410 e. The Balaban J connectivity index is 1.66. The predicted molar refractivity (Wildman–Crippen MR) is 209 cm³/mol. The molecule has 0 spiro atoms. The fraction of sp³-hybridized carbons (Fsp3) is 0.419. The Hall–Kier alpha value is -5.73. The van der Waals surface area contributed by atoms with Crippen molar-refractivity contribution in [1.82, 2.24) is 20.1 Å². The number of likely N-dealkylation sites (N-methyl/N-ethyl adjacent to an activating group) is 2. The first-order chi connectivity index (χ1) is 27.2. The number of carbonyl (C=O) groups is 4. The number of aromatic nitrogens is 1. The van der Waals surface area contributed by atoms with Crippen LogP contribution < -0.4 is 10.1 Å². The molecule has 0 saturated heterocycles. The van der Waals surface area contributed by atoms with Gasteiger partial charge in [-0.2, -0.15) is 13.2 Å². The normalized spacial score (nSPS) is 13.3. The molecule has 1 aromatic heterocycles. The molecule has 0 fully saturated rings. The number of amides is 3. The van der Waals surface area contributed by atoms with Crippen molar-refractivity contribution in [2.45, 2.75) is 90.4 Å². The van der Waals surface area contributed by atoms with Crippen LogP contribution in [0.1, 0.15) is 68.9 Å². The lowest BCUT2D eigenvalue weighted by Gasteiger charge is -2.36. The summed E-state index contributed by atoms with van der Waals surface area (Å²) >= 11 is 0. The van der Waals surface area contributed by atoms with E-state index in [9.17, 15) is 36.7 Å². The number of rotatable bonds is 16. The van der Waals surface area contributed by atoms with E-state index < -0.39 is 66.0 Å². The Morgan fingerprint density at radius 2 is 1.47 bits per heavy atom. The van der Waals surface area contributed by atoms with E-state index in [-0.39, 0.29) is 54.2 Å². The second-order valence-corrected chi connectivity index (χ2v) is 15.4. The quantitative estimate of drug-likeness (QED) is 0.0895. The SMILES string of the molecule is CC(C)C[C@@H](C(=O)N(C)[C@H](CC(F)(F)F)C(=O)N[C@@H](COc1ccc2ncc(F)cc2c1C(=O)OCc1ccccc1)Cc1ccccc1)N(C)C(=O)OC(C)(C)C. The molecular formula is C43H50F4N4O7. The molecule has 0 unspecified atom stereocenters. The number of alkyl halides is 3. The highest BCUT2D eigenvalue weighted by Gasteiger charge is 2.42. The van der Waals surface area contributed by atoms with E-state index in [4.69, 9.17) is 14.2 Å². The van der Waals surface area contributed by atoms with E-state index >= 15 is 0 Å². The summed E-state index contributed by atoms with van der Waals surface area (Å²) in [6.07, 6.45) is -6.29. The average Bonchev–Trinajstić information content (AvgIpc) is 3.15. The van der Waals surface area contributed by atoms with Crippen molar-refractivity contribution < 1.29 is 51.0 Å². The third kappa shape index (κ3) is 13.2. The van der Waals surface area contributed by atoms with Gasteiger partial charge in [0.25, 0.3) is 0 Å². The van der Waals surface area contributed by atoms with E-state index in [1.807, 2.05) is 0 Å². The lowest BCUT2D eigenvalue weighted by Crippen LogP contribution is -2.57. The van der Waals surface area contributed by atoms with Gasteiger partial charge in [-0.05, 0) is 68.9 Å². The Bertz CT molecular complexity index is 2020. The average molecular weight is 811 g/mol. The predicted octanol–water partition coefficient (Wildman–Crippen LogP) is 7.90. The van der Waals surface area contributed by atoms with Crippen molar-refractivity contribution in [1.29, 1.82) is 0 Å².